The van der Waals surface area contributed by atoms with Crippen LogP contribution in [0.15, 0.2) is 12.2 Å². The second kappa shape index (κ2) is 13.9. The van der Waals surface area contributed by atoms with E-state index in [1.165, 1.54) is 0 Å². The van der Waals surface area contributed by atoms with Crippen molar-refractivity contribution in [1.82, 2.24) is 0 Å². The molecule has 0 N–H and O–H groups in total. The molecule has 0 bridgehead atoms. The molecule has 0 amide bonds. The molecule has 4 nitrogen and oxygen atoms in total. The highest BCUT2D eigenvalue weighted by Crippen LogP contribution is 2.29. The molecule has 2 atom stereocenters. The smallest absolute Gasteiger partial charge is 0.330 e. The van der Waals surface area contributed by atoms with Crippen molar-refractivity contribution >= 4 is 22.6 Å². The van der Waals surface area contributed by atoms with Gasteiger partial charge in [0, 0.05) is 18.6 Å². The van der Waals surface area contributed by atoms with Gasteiger partial charge in [0.25, 0.3) is 0 Å². The molecule has 0 aromatic heterocycles. The van der Waals surface area contributed by atoms with Crippen LogP contribution >= 0.6 is 0 Å². The number of rotatable bonds is 15. The Balaban J connectivity index is 5.34. The number of ether oxygens (including phenoxy) is 1. The number of carbonyl (C=O) groups excluding carboxylic acids is 1. The van der Waals surface area contributed by atoms with Crippen LogP contribution in [0.1, 0.15) is 75.7 Å². The van der Waals surface area contributed by atoms with E-state index < -0.39 is 22.2 Å². The van der Waals surface area contributed by atoms with E-state index in [0.29, 0.717) is 5.92 Å². The molecule has 0 radical (unpaired) electrons. The summed E-state index contributed by atoms with van der Waals surface area (Å²) in [6.45, 7) is 22.2. The van der Waals surface area contributed by atoms with Gasteiger partial charge in [-0.1, -0.05) is 54.5 Å². The molecule has 0 aliphatic heterocycles. The van der Waals surface area contributed by atoms with E-state index in [0.717, 1.165) is 49.3 Å². The van der Waals surface area contributed by atoms with Crippen LogP contribution < -0.4 is 0 Å². The zero-order valence-corrected chi connectivity index (χ0v) is 23.6. The molecule has 0 saturated heterocycles. The molecule has 0 rings (SSSR count). The van der Waals surface area contributed by atoms with E-state index in [1.54, 1.807) is 6.08 Å². The lowest BCUT2D eigenvalue weighted by molar-refractivity contribution is -0.148. The Bertz CT molecular complexity index is 489. The lowest BCUT2D eigenvalue weighted by atomic mass is 10.0. The number of hydrogen-bond donors (Lipinski definition) is 0. The first-order valence-corrected chi connectivity index (χ1v) is 17.2. The predicted octanol–water partition coefficient (Wildman–Crippen LogP) is 7.32. The van der Waals surface area contributed by atoms with Crippen molar-refractivity contribution in [1.29, 1.82) is 0 Å². The van der Waals surface area contributed by atoms with Gasteiger partial charge in [-0.25, -0.2) is 4.79 Å². The maximum absolute atomic E-state index is 12.1. The molecular formula is C24H50O4Si2. The van der Waals surface area contributed by atoms with Gasteiger partial charge in [0.1, 0.15) is 5.60 Å². The van der Waals surface area contributed by atoms with Crippen LogP contribution in [0.25, 0.3) is 0 Å². The fourth-order valence-electron chi connectivity index (χ4n) is 3.82. The molecule has 6 heteroatoms. The summed E-state index contributed by atoms with van der Waals surface area (Å²) in [5.41, 5.74) is -0.471. The summed E-state index contributed by atoms with van der Waals surface area (Å²) in [4.78, 5) is 12.1. The Morgan fingerprint density at radius 2 is 1.33 bits per heavy atom. The Kier molecular flexibility index (Phi) is 13.7. The van der Waals surface area contributed by atoms with Crippen molar-refractivity contribution in [2.45, 2.75) is 124 Å². The van der Waals surface area contributed by atoms with E-state index in [1.807, 2.05) is 26.8 Å². The third-order valence-corrected chi connectivity index (χ3v) is 15.9. The Morgan fingerprint density at radius 1 is 0.867 bits per heavy atom. The average molecular weight is 459 g/mol. The molecule has 0 fully saturated rings. The molecule has 30 heavy (non-hydrogen) atoms. The minimum Gasteiger partial charge on any atom is -0.457 e. The molecule has 0 aromatic rings. The van der Waals surface area contributed by atoms with Gasteiger partial charge in [-0.3, -0.25) is 0 Å². The minimum atomic E-state index is -1.75. The van der Waals surface area contributed by atoms with Crippen molar-refractivity contribution < 1.29 is 18.4 Å². The van der Waals surface area contributed by atoms with Gasteiger partial charge >= 0.3 is 5.97 Å². The summed E-state index contributed by atoms with van der Waals surface area (Å²) < 4.78 is 18.9. The maximum atomic E-state index is 12.1. The zero-order valence-electron chi connectivity index (χ0n) is 21.6. The summed E-state index contributed by atoms with van der Waals surface area (Å²) in [7, 11) is -3.37. The highest BCUT2D eigenvalue weighted by molar-refractivity contribution is 6.74. The van der Waals surface area contributed by atoms with Crippen molar-refractivity contribution in [3.63, 3.8) is 0 Å². The monoisotopic (exact) mass is 458 g/mol. The second-order valence-electron chi connectivity index (χ2n) is 9.60. The van der Waals surface area contributed by atoms with E-state index in [2.05, 4.69) is 48.5 Å². The van der Waals surface area contributed by atoms with Crippen molar-refractivity contribution in [2.75, 3.05) is 6.61 Å². The van der Waals surface area contributed by atoms with Gasteiger partial charge < -0.3 is 13.6 Å². The van der Waals surface area contributed by atoms with Crippen molar-refractivity contribution in [2.24, 2.45) is 5.92 Å². The second-order valence-corrected chi connectivity index (χ2v) is 19.1. The number of esters is 1. The quantitative estimate of drug-likeness (QED) is 0.146. The van der Waals surface area contributed by atoms with Gasteiger partial charge in [0.15, 0.2) is 16.6 Å². The Labute approximate surface area is 189 Å². The van der Waals surface area contributed by atoms with Gasteiger partial charge in [0.2, 0.25) is 0 Å². The number of hydrogen-bond acceptors (Lipinski definition) is 4. The van der Waals surface area contributed by atoms with Crippen LogP contribution in [-0.4, -0.2) is 40.9 Å². The first-order valence-electron chi connectivity index (χ1n) is 12.2. The zero-order chi connectivity index (χ0) is 23.4. The average Bonchev–Trinajstić information content (AvgIpc) is 2.71. The molecule has 178 valence electrons. The minimum absolute atomic E-state index is 0.0764. The summed E-state index contributed by atoms with van der Waals surface area (Å²) >= 11 is 0. The standard InChI is InChI=1S/C24H50O4Si2/c1-11-29(12-2,13-3)26-20-21(7)22(28-30(14-4,15-5)16-6)18-17-19-23(25)27-24(8,9)10/h17,19,21-22H,11-16,18,20H2,1-10H3/b19-17+/t21-,22+/m1/s1. The molecule has 0 aliphatic carbocycles. The molecule has 0 unspecified atom stereocenters. The van der Waals surface area contributed by atoms with E-state index >= 15 is 0 Å². The van der Waals surface area contributed by atoms with Gasteiger partial charge in [0.05, 0.1) is 6.10 Å². The first kappa shape index (κ1) is 29.6. The van der Waals surface area contributed by atoms with Crippen LogP contribution in [0.5, 0.6) is 0 Å². The van der Waals surface area contributed by atoms with Gasteiger partial charge in [-0.15, -0.1) is 0 Å². The summed E-state index contributed by atoms with van der Waals surface area (Å²) in [5, 5.41) is 0. The third-order valence-electron chi connectivity index (χ3n) is 6.58. The topological polar surface area (TPSA) is 44.8 Å². The van der Waals surface area contributed by atoms with Crippen LogP contribution in [0.3, 0.4) is 0 Å². The number of carbonyl (C=O) groups is 1. The highest BCUT2D eigenvalue weighted by atomic mass is 28.4. The van der Waals surface area contributed by atoms with Crippen LogP contribution in [-0.2, 0) is 18.4 Å². The molecule has 0 spiro atoms. The summed E-state index contributed by atoms with van der Waals surface area (Å²) in [5.74, 6) is 0.00541. The fourth-order valence-corrected chi connectivity index (χ4v) is 9.52. The molecule has 0 aliphatic rings. The maximum Gasteiger partial charge on any atom is 0.330 e. The van der Waals surface area contributed by atoms with Crippen LogP contribution in [0.4, 0.5) is 0 Å². The van der Waals surface area contributed by atoms with E-state index in [-0.39, 0.29) is 12.1 Å². The predicted molar refractivity (Wildman–Crippen MR) is 134 cm³/mol. The first-order chi connectivity index (χ1) is 14.0. The summed E-state index contributed by atoms with van der Waals surface area (Å²) in [6, 6.07) is 6.85. The fraction of sp³-hybridized carbons (Fsp3) is 0.875. The van der Waals surface area contributed by atoms with Crippen molar-refractivity contribution in [3.05, 3.63) is 12.2 Å². The SMILES string of the molecule is CC[Si](CC)(CC)OC[C@@H](C)[C@H](C/C=C/C(=O)OC(C)(C)C)O[Si](CC)(CC)CC. The van der Waals surface area contributed by atoms with Gasteiger partial charge in [-0.2, -0.15) is 0 Å². The Hall–Kier alpha value is -0.436. The van der Waals surface area contributed by atoms with Crippen LogP contribution in [0.2, 0.25) is 36.3 Å². The lowest BCUT2D eigenvalue weighted by Gasteiger charge is -2.37. The highest BCUT2D eigenvalue weighted by Gasteiger charge is 2.35. The van der Waals surface area contributed by atoms with E-state index in [9.17, 15) is 4.79 Å². The molecular weight excluding hydrogens is 408 g/mol. The molecule has 0 aromatic carbocycles. The summed E-state index contributed by atoms with van der Waals surface area (Å²) in [6.07, 6.45) is 4.29. The molecule has 0 heterocycles. The van der Waals surface area contributed by atoms with E-state index in [4.69, 9.17) is 13.6 Å². The normalized spacial score (nSPS) is 15.4. The largest absolute Gasteiger partial charge is 0.457 e. The van der Waals surface area contributed by atoms with Gasteiger partial charge in [-0.05, 0) is 63.5 Å². The molecule has 0 saturated carbocycles. The Morgan fingerprint density at radius 3 is 1.73 bits per heavy atom. The van der Waals surface area contributed by atoms with Crippen LogP contribution in [0, 0.1) is 5.92 Å². The third kappa shape index (κ3) is 10.2. The lowest BCUT2D eigenvalue weighted by Crippen LogP contribution is -2.44. The van der Waals surface area contributed by atoms with Crippen molar-refractivity contribution in [3.8, 4) is 0 Å².